The van der Waals surface area contributed by atoms with Gasteiger partial charge in [-0.05, 0) is 112 Å². The van der Waals surface area contributed by atoms with E-state index in [1.54, 1.807) is 6.20 Å². The minimum Gasteiger partial charge on any atom is -0.368 e. The van der Waals surface area contributed by atoms with Gasteiger partial charge in [-0.3, -0.25) is 4.98 Å². The number of nitrogens with one attached hydrogen (secondary N) is 1. The van der Waals surface area contributed by atoms with Crippen LogP contribution in [0.3, 0.4) is 0 Å². The number of aromatic nitrogens is 1. The molecule has 1 N–H and O–H groups in total. The molecule has 0 bridgehead atoms. The van der Waals surface area contributed by atoms with Crippen molar-refractivity contribution in [2.24, 2.45) is 11.8 Å². The molecule has 0 aliphatic heterocycles. The topological polar surface area (TPSA) is 28.2 Å². The van der Waals surface area contributed by atoms with Crippen LogP contribution in [-0.4, -0.2) is 30.5 Å². The Morgan fingerprint density at radius 2 is 1.50 bits per heavy atom. The molecular formula is C43H73N3. The maximum Gasteiger partial charge on any atom is 0.0346 e. The van der Waals surface area contributed by atoms with Crippen LogP contribution >= 0.6 is 0 Å². The second-order valence-corrected chi connectivity index (χ2v) is 12.4. The Hall–Kier alpha value is -3.17. The van der Waals surface area contributed by atoms with Crippen LogP contribution in [0.5, 0.6) is 0 Å². The van der Waals surface area contributed by atoms with E-state index in [0.717, 1.165) is 19.4 Å². The van der Waals surface area contributed by atoms with Crippen molar-refractivity contribution in [2.75, 3.05) is 20.6 Å². The number of likely N-dealkylation sites (N-methyl/N-ethyl adjacent to an activating group) is 1. The second kappa shape index (κ2) is 30.5. The fourth-order valence-corrected chi connectivity index (χ4v) is 4.45. The quantitative estimate of drug-likeness (QED) is 0.176. The number of nitrogens with zero attached hydrogens (tertiary/aromatic N) is 2. The molecule has 2 rings (SSSR count). The third-order valence-corrected chi connectivity index (χ3v) is 6.40. The molecule has 3 nitrogen and oxygen atoms in total. The maximum atomic E-state index is 4.41. The van der Waals surface area contributed by atoms with Crippen LogP contribution < -0.4 is 5.32 Å². The van der Waals surface area contributed by atoms with Gasteiger partial charge in [0.15, 0.2) is 0 Å². The third kappa shape index (κ3) is 23.2. The van der Waals surface area contributed by atoms with Crippen LogP contribution in [0.4, 0.5) is 0 Å². The summed E-state index contributed by atoms with van der Waals surface area (Å²) in [5.74, 6) is 1.59. The standard InChI is InChI=1S/C18H21N.C17H30N2.2C3H8.C2H6/c1-5-7-13(2)16-10-17(12-19-11-16)18-14(3)8-6-9-15(18)4;1-8-18-10-9-16(13-19(6)7)12-17(15(4)5)11-14(2)3;2*1-3-2;1-2/h5-6,8-13H,1,7H2,2-4H3;8-10,12,14,17-18H,1,4,11,13H2,2-3,5-7H3;2*3H2,1-2H3;1-2H3/b;10-9-,16-12+;;;. The zero-order valence-electron chi connectivity index (χ0n) is 32.6. The predicted octanol–water partition coefficient (Wildman–Crippen LogP) is 12.9. The molecule has 0 saturated heterocycles. The lowest BCUT2D eigenvalue weighted by atomic mass is 9.90. The zero-order valence-corrected chi connectivity index (χ0v) is 32.6. The fraction of sp³-hybridized carbons (Fsp3) is 0.512. The Morgan fingerprint density at radius 3 is 1.93 bits per heavy atom. The van der Waals surface area contributed by atoms with Gasteiger partial charge in [-0.2, -0.15) is 0 Å². The molecule has 0 fully saturated rings. The number of aryl methyl sites for hydroxylation is 2. The van der Waals surface area contributed by atoms with Gasteiger partial charge in [-0.25, -0.2) is 0 Å². The summed E-state index contributed by atoms with van der Waals surface area (Å²) >= 11 is 0. The van der Waals surface area contributed by atoms with Crippen molar-refractivity contribution < 1.29 is 0 Å². The van der Waals surface area contributed by atoms with Gasteiger partial charge in [-0.1, -0.05) is 124 Å². The Labute approximate surface area is 287 Å². The van der Waals surface area contributed by atoms with E-state index in [9.17, 15) is 0 Å². The lowest BCUT2D eigenvalue weighted by Gasteiger charge is -2.18. The summed E-state index contributed by atoms with van der Waals surface area (Å²) < 4.78 is 0. The first kappa shape index (κ1) is 47.2. The van der Waals surface area contributed by atoms with Crippen molar-refractivity contribution in [3.63, 3.8) is 0 Å². The van der Waals surface area contributed by atoms with Gasteiger partial charge >= 0.3 is 0 Å². The van der Waals surface area contributed by atoms with Gasteiger partial charge in [0.2, 0.25) is 0 Å². The highest BCUT2D eigenvalue weighted by Gasteiger charge is 2.11. The molecule has 1 heterocycles. The molecule has 0 saturated carbocycles. The van der Waals surface area contributed by atoms with Gasteiger partial charge < -0.3 is 10.2 Å². The average Bonchev–Trinajstić information content (AvgIpc) is 2.99. The van der Waals surface area contributed by atoms with Crippen LogP contribution in [-0.2, 0) is 0 Å². The molecule has 3 heteroatoms. The summed E-state index contributed by atoms with van der Waals surface area (Å²) in [4.78, 5) is 6.59. The second-order valence-electron chi connectivity index (χ2n) is 12.4. The molecule has 0 aliphatic carbocycles. The largest absolute Gasteiger partial charge is 0.368 e. The molecule has 2 aromatic rings. The van der Waals surface area contributed by atoms with Crippen molar-refractivity contribution in [1.29, 1.82) is 0 Å². The third-order valence-electron chi connectivity index (χ3n) is 6.40. The highest BCUT2D eigenvalue weighted by Crippen LogP contribution is 2.29. The molecule has 260 valence electrons. The zero-order chi connectivity index (χ0) is 36.1. The van der Waals surface area contributed by atoms with E-state index in [1.165, 1.54) is 51.8 Å². The Kier molecular flexibility index (Phi) is 31.3. The molecule has 2 atom stereocenters. The SMILES string of the molecule is C=CCC(C)c1cncc(-c2c(C)cccc2C)c1.C=CN/C=C\C(=C/C(CC(C)C)C(=C)C)CN(C)C.CC.CCC.CCC. The first-order valence-electron chi connectivity index (χ1n) is 17.5. The van der Waals surface area contributed by atoms with Gasteiger partial charge in [0.1, 0.15) is 0 Å². The summed E-state index contributed by atoms with van der Waals surface area (Å²) in [6.07, 6.45) is 18.6. The first-order chi connectivity index (χ1) is 21.8. The van der Waals surface area contributed by atoms with E-state index in [2.05, 4.69) is 155 Å². The van der Waals surface area contributed by atoms with Crippen LogP contribution in [0.15, 0.2) is 98.2 Å². The van der Waals surface area contributed by atoms with Gasteiger partial charge in [0.05, 0.1) is 0 Å². The first-order valence-corrected chi connectivity index (χ1v) is 17.5. The van der Waals surface area contributed by atoms with E-state index in [-0.39, 0.29) is 0 Å². The monoisotopic (exact) mass is 632 g/mol. The molecule has 0 amide bonds. The minimum atomic E-state index is 0.448. The van der Waals surface area contributed by atoms with Crippen molar-refractivity contribution in [3.05, 3.63) is 115 Å². The number of hydrogen-bond acceptors (Lipinski definition) is 3. The van der Waals surface area contributed by atoms with Crippen molar-refractivity contribution >= 4 is 0 Å². The summed E-state index contributed by atoms with van der Waals surface area (Å²) in [5, 5.41) is 3.00. The van der Waals surface area contributed by atoms with Crippen LogP contribution in [0.25, 0.3) is 11.1 Å². The number of allylic oxidation sites excluding steroid dienone is 3. The smallest absolute Gasteiger partial charge is 0.0346 e. The molecule has 1 aromatic heterocycles. The van der Waals surface area contributed by atoms with E-state index >= 15 is 0 Å². The van der Waals surface area contributed by atoms with E-state index in [4.69, 9.17) is 0 Å². The fourth-order valence-electron chi connectivity index (χ4n) is 4.45. The molecular weight excluding hydrogens is 558 g/mol. The molecule has 2 unspecified atom stereocenters. The Bertz CT molecular complexity index is 1100. The molecule has 1 aromatic carbocycles. The highest BCUT2D eigenvalue weighted by atomic mass is 15.0. The van der Waals surface area contributed by atoms with Crippen LogP contribution in [0, 0.1) is 25.7 Å². The average molecular weight is 632 g/mol. The molecule has 0 aliphatic rings. The summed E-state index contributed by atoms with van der Waals surface area (Å²) in [7, 11) is 4.17. The summed E-state index contributed by atoms with van der Waals surface area (Å²) in [6, 6.07) is 8.67. The molecule has 46 heavy (non-hydrogen) atoms. The minimum absolute atomic E-state index is 0.448. The number of pyridine rings is 1. The normalized spacial score (nSPS) is 11.8. The van der Waals surface area contributed by atoms with Crippen LogP contribution in [0.2, 0.25) is 0 Å². The Morgan fingerprint density at radius 1 is 0.957 bits per heavy atom. The lowest BCUT2D eigenvalue weighted by molar-refractivity contribution is 0.445. The van der Waals surface area contributed by atoms with Crippen molar-refractivity contribution in [2.45, 2.75) is 115 Å². The van der Waals surface area contributed by atoms with Crippen LogP contribution in [0.1, 0.15) is 118 Å². The lowest BCUT2D eigenvalue weighted by Crippen LogP contribution is -2.16. The van der Waals surface area contributed by atoms with Crippen molar-refractivity contribution in [1.82, 2.24) is 15.2 Å². The number of benzene rings is 1. The highest BCUT2D eigenvalue weighted by molar-refractivity contribution is 5.70. The van der Waals surface area contributed by atoms with Crippen molar-refractivity contribution in [3.8, 4) is 11.1 Å². The van der Waals surface area contributed by atoms with Gasteiger partial charge in [-0.15, -0.1) is 6.58 Å². The number of rotatable bonds is 13. The number of hydrogen-bond donors (Lipinski definition) is 1. The maximum absolute atomic E-state index is 4.41. The van der Waals surface area contributed by atoms with E-state index in [1.807, 2.05) is 38.5 Å². The molecule has 0 spiro atoms. The molecule has 0 radical (unpaired) electrons. The summed E-state index contributed by atoms with van der Waals surface area (Å²) in [6.45, 7) is 38.2. The van der Waals surface area contributed by atoms with E-state index in [0.29, 0.717) is 17.8 Å². The summed E-state index contributed by atoms with van der Waals surface area (Å²) in [5.41, 5.74) is 8.93. The van der Waals surface area contributed by atoms with Gasteiger partial charge in [0.25, 0.3) is 0 Å². The predicted molar refractivity (Wildman–Crippen MR) is 213 cm³/mol. The van der Waals surface area contributed by atoms with Gasteiger partial charge in [0, 0.05) is 30.7 Å². The van der Waals surface area contributed by atoms with E-state index < -0.39 is 0 Å². The Balaban J connectivity index is -0.000000655.